The Morgan fingerprint density at radius 3 is 3.12 bits per heavy atom. The SMILES string of the molecule is CC=CC(=O)Nc1ccc2c(c1)NC(=O)CO2. The maximum absolute atomic E-state index is 11.3. The van der Waals surface area contributed by atoms with Crippen LogP contribution >= 0.6 is 0 Å². The van der Waals surface area contributed by atoms with Crippen LogP contribution in [0.25, 0.3) is 0 Å². The minimum absolute atomic E-state index is 0.0251. The van der Waals surface area contributed by atoms with E-state index in [0.717, 1.165) is 0 Å². The molecule has 0 unspecified atom stereocenters. The fourth-order valence-corrected chi connectivity index (χ4v) is 1.50. The van der Waals surface area contributed by atoms with Crippen molar-refractivity contribution in [1.82, 2.24) is 0 Å². The molecule has 1 aliphatic heterocycles. The normalized spacial score (nSPS) is 13.8. The molecule has 5 heteroatoms. The van der Waals surface area contributed by atoms with Gasteiger partial charge in [0.15, 0.2) is 6.61 Å². The third kappa shape index (κ3) is 2.63. The van der Waals surface area contributed by atoms with Gasteiger partial charge in [-0.3, -0.25) is 9.59 Å². The van der Waals surface area contributed by atoms with E-state index in [1.54, 1.807) is 31.2 Å². The monoisotopic (exact) mass is 232 g/mol. The van der Waals surface area contributed by atoms with Crippen LogP contribution in [0.2, 0.25) is 0 Å². The highest BCUT2D eigenvalue weighted by Gasteiger charge is 2.15. The lowest BCUT2D eigenvalue weighted by Gasteiger charge is -2.18. The molecule has 1 aromatic carbocycles. The Labute approximate surface area is 98.5 Å². The van der Waals surface area contributed by atoms with Gasteiger partial charge in [0.2, 0.25) is 5.91 Å². The summed E-state index contributed by atoms with van der Waals surface area (Å²) in [6.45, 7) is 1.79. The van der Waals surface area contributed by atoms with E-state index in [1.807, 2.05) is 0 Å². The van der Waals surface area contributed by atoms with Crippen molar-refractivity contribution in [3.8, 4) is 5.75 Å². The molecule has 17 heavy (non-hydrogen) atoms. The molecule has 1 aliphatic rings. The van der Waals surface area contributed by atoms with Gasteiger partial charge in [-0.1, -0.05) is 6.08 Å². The van der Waals surface area contributed by atoms with Crippen molar-refractivity contribution in [1.29, 1.82) is 0 Å². The van der Waals surface area contributed by atoms with Gasteiger partial charge >= 0.3 is 0 Å². The summed E-state index contributed by atoms with van der Waals surface area (Å²) in [4.78, 5) is 22.5. The van der Waals surface area contributed by atoms with E-state index >= 15 is 0 Å². The van der Waals surface area contributed by atoms with E-state index in [0.29, 0.717) is 17.1 Å². The quantitative estimate of drug-likeness (QED) is 0.760. The van der Waals surface area contributed by atoms with Gasteiger partial charge in [-0.2, -0.15) is 0 Å². The minimum Gasteiger partial charge on any atom is -0.482 e. The summed E-state index contributed by atoms with van der Waals surface area (Å²) in [5, 5.41) is 5.35. The first-order chi connectivity index (χ1) is 8.19. The highest BCUT2D eigenvalue weighted by atomic mass is 16.5. The molecule has 0 fully saturated rings. The van der Waals surface area contributed by atoms with E-state index in [1.165, 1.54) is 6.08 Å². The van der Waals surface area contributed by atoms with Gasteiger partial charge < -0.3 is 15.4 Å². The van der Waals surface area contributed by atoms with Crippen LogP contribution in [-0.2, 0) is 9.59 Å². The number of rotatable bonds is 2. The molecule has 0 saturated heterocycles. The van der Waals surface area contributed by atoms with E-state index in [2.05, 4.69) is 10.6 Å². The van der Waals surface area contributed by atoms with Crippen molar-refractivity contribution < 1.29 is 14.3 Å². The van der Waals surface area contributed by atoms with Crippen molar-refractivity contribution in [3.63, 3.8) is 0 Å². The fraction of sp³-hybridized carbons (Fsp3) is 0.167. The molecular formula is C12H12N2O3. The number of hydrogen-bond acceptors (Lipinski definition) is 3. The van der Waals surface area contributed by atoms with Crippen LogP contribution in [0.3, 0.4) is 0 Å². The average molecular weight is 232 g/mol. The zero-order chi connectivity index (χ0) is 12.3. The third-order valence-corrected chi connectivity index (χ3v) is 2.20. The van der Waals surface area contributed by atoms with Crippen LogP contribution in [0.5, 0.6) is 5.75 Å². The molecule has 0 atom stereocenters. The summed E-state index contributed by atoms with van der Waals surface area (Å²) in [6.07, 6.45) is 3.08. The van der Waals surface area contributed by atoms with Crippen LogP contribution in [0.1, 0.15) is 6.92 Å². The first kappa shape index (κ1) is 11.2. The molecule has 2 rings (SSSR count). The second-order valence-electron chi connectivity index (χ2n) is 3.54. The smallest absolute Gasteiger partial charge is 0.262 e. The van der Waals surface area contributed by atoms with Crippen LogP contribution < -0.4 is 15.4 Å². The van der Waals surface area contributed by atoms with Crippen molar-refractivity contribution >= 4 is 23.2 Å². The molecule has 2 amide bonds. The number of hydrogen-bond donors (Lipinski definition) is 2. The summed E-state index contributed by atoms with van der Waals surface area (Å²) in [6, 6.07) is 5.09. The fourth-order valence-electron chi connectivity index (χ4n) is 1.50. The molecule has 2 N–H and O–H groups in total. The molecule has 5 nitrogen and oxygen atoms in total. The molecule has 1 aromatic rings. The zero-order valence-corrected chi connectivity index (χ0v) is 9.32. The number of nitrogens with one attached hydrogen (secondary N) is 2. The summed E-state index contributed by atoms with van der Waals surface area (Å²) in [5.74, 6) is 0.193. The Balaban J connectivity index is 2.18. The van der Waals surface area contributed by atoms with E-state index in [-0.39, 0.29) is 18.4 Å². The van der Waals surface area contributed by atoms with Crippen LogP contribution in [0.4, 0.5) is 11.4 Å². The molecule has 0 saturated carbocycles. The number of benzene rings is 1. The third-order valence-electron chi connectivity index (χ3n) is 2.20. The lowest BCUT2D eigenvalue weighted by atomic mass is 10.2. The predicted octanol–water partition coefficient (Wildman–Crippen LogP) is 1.53. The topological polar surface area (TPSA) is 67.4 Å². The van der Waals surface area contributed by atoms with Crippen molar-refractivity contribution in [3.05, 3.63) is 30.4 Å². The van der Waals surface area contributed by atoms with Crippen LogP contribution in [-0.4, -0.2) is 18.4 Å². The van der Waals surface area contributed by atoms with Crippen molar-refractivity contribution in [2.45, 2.75) is 6.92 Å². The first-order valence-corrected chi connectivity index (χ1v) is 5.19. The van der Waals surface area contributed by atoms with Gasteiger partial charge in [0.25, 0.3) is 5.91 Å². The summed E-state index contributed by atoms with van der Waals surface area (Å²) in [7, 11) is 0. The lowest BCUT2D eigenvalue weighted by Crippen LogP contribution is -2.25. The first-order valence-electron chi connectivity index (χ1n) is 5.19. The number of fused-ring (bicyclic) bond motifs is 1. The van der Waals surface area contributed by atoms with Crippen molar-refractivity contribution in [2.75, 3.05) is 17.2 Å². The van der Waals surface area contributed by atoms with Gasteiger partial charge in [0.1, 0.15) is 5.75 Å². The van der Waals surface area contributed by atoms with Gasteiger partial charge in [0, 0.05) is 5.69 Å². The molecule has 0 radical (unpaired) electrons. The van der Waals surface area contributed by atoms with Crippen LogP contribution in [0.15, 0.2) is 30.4 Å². The Bertz CT molecular complexity index is 495. The van der Waals surface area contributed by atoms with Gasteiger partial charge in [-0.05, 0) is 31.2 Å². The molecule has 88 valence electrons. The summed E-state index contributed by atoms with van der Waals surface area (Å²) >= 11 is 0. The Kier molecular flexibility index (Phi) is 3.09. The summed E-state index contributed by atoms with van der Waals surface area (Å²) in [5.41, 5.74) is 1.18. The molecule has 0 bridgehead atoms. The van der Waals surface area contributed by atoms with E-state index in [4.69, 9.17) is 4.74 Å². The highest BCUT2D eigenvalue weighted by Crippen LogP contribution is 2.30. The number of allylic oxidation sites excluding steroid dienone is 1. The van der Waals surface area contributed by atoms with E-state index in [9.17, 15) is 9.59 Å². The van der Waals surface area contributed by atoms with Crippen LogP contribution in [0, 0.1) is 0 Å². The number of amides is 2. The van der Waals surface area contributed by atoms with Gasteiger partial charge in [-0.15, -0.1) is 0 Å². The largest absolute Gasteiger partial charge is 0.482 e. The number of ether oxygens (including phenoxy) is 1. The highest BCUT2D eigenvalue weighted by molar-refractivity contribution is 6.01. The van der Waals surface area contributed by atoms with Crippen molar-refractivity contribution in [2.24, 2.45) is 0 Å². The Morgan fingerprint density at radius 1 is 1.53 bits per heavy atom. The number of carbonyl (C=O) groups excluding carboxylic acids is 2. The van der Waals surface area contributed by atoms with Gasteiger partial charge in [0.05, 0.1) is 5.69 Å². The molecule has 0 aliphatic carbocycles. The molecule has 0 spiro atoms. The second kappa shape index (κ2) is 4.69. The van der Waals surface area contributed by atoms with Gasteiger partial charge in [-0.25, -0.2) is 0 Å². The maximum atomic E-state index is 11.3. The standard InChI is InChI=1S/C12H12N2O3/c1-2-3-11(15)13-8-4-5-10-9(6-8)14-12(16)7-17-10/h2-6H,7H2,1H3,(H,13,15)(H,14,16). The lowest BCUT2D eigenvalue weighted by molar-refractivity contribution is -0.118. The zero-order valence-electron chi connectivity index (χ0n) is 9.32. The number of anilines is 2. The predicted molar refractivity (Wildman–Crippen MR) is 64.0 cm³/mol. The maximum Gasteiger partial charge on any atom is 0.262 e. The molecule has 0 aromatic heterocycles. The Hall–Kier alpha value is -2.30. The Morgan fingerprint density at radius 2 is 2.35 bits per heavy atom. The molecule has 1 heterocycles. The second-order valence-corrected chi connectivity index (χ2v) is 3.54. The summed E-state index contributed by atoms with van der Waals surface area (Å²) < 4.78 is 5.20. The number of carbonyl (C=O) groups is 2. The average Bonchev–Trinajstić information content (AvgIpc) is 2.28. The van der Waals surface area contributed by atoms with E-state index < -0.39 is 0 Å². The minimum atomic E-state index is -0.212. The molecular weight excluding hydrogens is 220 g/mol.